The van der Waals surface area contributed by atoms with E-state index in [-0.39, 0.29) is 22.4 Å². The molecule has 1 aromatic carbocycles. The zero-order valence-corrected chi connectivity index (χ0v) is 14.1. The molecule has 1 saturated heterocycles. The molecule has 0 unspecified atom stereocenters. The van der Waals surface area contributed by atoms with Crippen LogP contribution in [-0.2, 0) is 10.4 Å². The Morgan fingerprint density at radius 2 is 2.35 bits per heavy atom. The molecule has 1 aliphatic rings. The Labute approximate surface area is 141 Å². The number of benzene rings is 1. The molecule has 0 bridgehead atoms. The third-order valence-corrected chi connectivity index (χ3v) is 4.79. The first kappa shape index (κ1) is 18.2. The number of rotatable bonds is 6. The van der Waals surface area contributed by atoms with Gasteiger partial charge in [0.1, 0.15) is 5.82 Å². The lowest BCUT2D eigenvalue weighted by atomic mass is 9.74. The summed E-state index contributed by atoms with van der Waals surface area (Å²) < 4.78 is 14.5. The van der Waals surface area contributed by atoms with Crippen molar-refractivity contribution in [2.75, 3.05) is 19.6 Å². The van der Waals surface area contributed by atoms with Crippen molar-refractivity contribution < 1.29 is 14.3 Å². The summed E-state index contributed by atoms with van der Waals surface area (Å²) >= 11 is 5.90. The maximum Gasteiger partial charge on any atom is 0.216 e. The molecule has 0 radical (unpaired) electrons. The Hall–Kier alpha value is -1.17. The number of hydrogen-bond donors (Lipinski definition) is 3. The second kappa shape index (κ2) is 8.08. The van der Waals surface area contributed by atoms with E-state index in [4.69, 9.17) is 11.6 Å². The average Bonchev–Trinajstić information content (AvgIpc) is 2.54. The van der Waals surface area contributed by atoms with Crippen molar-refractivity contribution in [3.8, 4) is 0 Å². The number of halogens is 2. The molecule has 6 heteroatoms. The van der Waals surface area contributed by atoms with Crippen LogP contribution in [0.2, 0.25) is 5.02 Å². The van der Waals surface area contributed by atoms with Gasteiger partial charge in [0.15, 0.2) is 0 Å². The van der Waals surface area contributed by atoms with E-state index in [9.17, 15) is 14.3 Å². The van der Waals surface area contributed by atoms with Gasteiger partial charge in [-0.05, 0) is 38.3 Å². The van der Waals surface area contributed by atoms with E-state index in [2.05, 4.69) is 10.6 Å². The number of nitrogens with one attached hydrogen (secondary N) is 2. The van der Waals surface area contributed by atoms with E-state index in [1.807, 2.05) is 0 Å². The SMILES string of the molecule is CC(=O)NCCC[C@@](O)(c1cccc(Cl)c1F)[C@@H]1CCCNC1. The van der Waals surface area contributed by atoms with E-state index < -0.39 is 11.4 Å². The standard InChI is InChI=1S/C17H24ClFN2O2/c1-12(22)21-10-4-8-17(23,13-5-3-9-20-11-13)14-6-2-7-15(18)16(14)19/h2,6-7,13,20,23H,3-5,8-11H2,1H3,(H,21,22)/t13-,17+/m1/s1. The molecule has 0 spiro atoms. The molecule has 3 N–H and O–H groups in total. The van der Waals surface area contributed by atoms with Gasteiger partial charge in [-0.15, -0.1) is 0 Å². The molecule has 2 atom stereocenters. The van der Waals surface area contributed by atoms with E-state index in [1.54, 1.807) is 12.1 Å². The summed E-state index contributed by atoms with van der Waals surface area (Å²) in [7, 11) is 0. The van der Waals surface area contributed by atoms with Crippen molar-refractivity contribution >= 4 is 17.5 Å². The van der Waals surface area contributed by atoms with Crippen LogP contribution in [0, 0.1) is 11.7 Å². The van der Waals surface area contributed by atoms with Crippen molar-refractivity contribution in [3.63, 3.8) is 0 Å². The first-order valence-electron chi connectivity index (χ1n) is 8.07. The molecule has 128 valence electrons. The lowest BCUT2D eigenvalue weighted by Crippen LogP contribution is -2.45. The number of carbonyl (C=O) groups excluding carboxylic acids is 1. The van der Waals surface area contributed by atoms with Crippen molar-refractivity contribution in [3.05, 3.63) is 34.6 Å². The average molecular weight is 343 g/mol. The Bertz CT molecular complexity index is 549. The van der Waals surface area contributed by atoms with Gasteiger partial charge in [0.25, 0.3) is 0 Å². The normalized spacial score (nSPS) is 20.8. The Kier molecular flexibility index (Phi) is 6.39. The van der Waals surface area contributed by atoms with Crippen LogP contribution in [-0.4, -0.2) is 30.6 Å². The highest BCUT2D eigenvalue weighted by Gasteiger charge is 2.40. The highest BCUT2D eigenvalue weighted by molar-refractivity contribution is 6.30. The maximum absolute atomic E-state index is 14.5. The van der Waals surface area contributed by atoms with Crippen molar-refractivity contribution in [2.45, 2.75) is 38.2 Å². The monoisotopic (exact) mass is 342 g/mol. The summed E-state index contributed by atoms with van der Waals surface area (Å²) in [6, 6.07) is 4.75. The molecule has 2 rings (SSSR count). The number of piperidine rings is 1. The van der Waals surface area contributed by atoms with Crippen LogP contribution in [0.15, 0.2) is 18.2 Å². The van der Waals surface area contributed by atoms with Crippen LogP contribution >= 0.6 is 11.6 Å². The summed E-state index contributed by atoms with van der Waals surface area (Å²) in [6.07, 6.45) is 2.71. The minimum atomic E-state index is -1.29. The summed E-state index contributed by atoms with van der Waals surface area (Å²) in [5.41, 5.74) is -1.04. The Morgan fingerprint density at radius 1 is 1.57 bits per heavy atom. The zero-order valence-electron chi connectivity index (χ0n) is 13.4. The van der Waals surface area contributed by atoms with Crippen LogP contribution in [0.3, 0.4) is 0 Å². The molecule has 23 heavy (non-hydrogen) atoms. The molecule has 1 amide bonds. The lowest BCUT2D eigenvalue weighted by molar-refractivity contribution is -0.119. The minimum absolute atomic E-state index is 0.0200. The first-order chi connectivity index (χ1) is 10.9. The number of hydrogen-bond acceptors (Lipinski definition) is 3. The molecule has 0 aromatic heterocycles. The first-order valence-corrected chi connectivity index (χ1v) is 8.45. The third-order valence-electron chi connectivity index (χ3n) is 4.50. The summed E-state index contributed by atoms with van der Waals surface area (Å²) in [4.78, 5) is 11.0. The van der Waals surface area contributed by atoms with Crippen LogP contribution < -0.4 is 10.6 Å². The highest BCUT2D eigenvalue weighted by Crippen LogP contribution is 2.40. The zero-order chi connectivity index (χ0) is 16.9. The van der Waals surface area contributed by atoms with Gasteiger partial charge in [-0.2, -0.15) is 0 Å². The minimum Gasteiger partial charge on any atom is -0.385 e. The Balaban J connectivity index is 2.22. The van der Waals surface area contributed by atoms with E-state index in [0.717, 1.165) is 19.4 Å². The number of amides is 1. The smallest absolute Gasteiger partial charge is 0.216 e. The predicted molar refractivity (Wildman–Crippen MR) is 88.8 cm³/mol. The summed E-state index contributed by atoms with van der Waals surface area (Å²) in [5, 5.41) is 17.3. The second-order valence-electron chi connectivity index (χ2n) is 6.16. The van der Waals surface area contributed by atoms with E-state index >= 15 is 0 Å². The van der Waals surface area contributed by atoms with Crippen LogP contribution in [0.5, 0.6) is 0 Å². The van der Waals surface area contributed by atoms with Gasteiger partial charge in [0, 0.05) is 31.5 Å². The fraction of sp³-hybridized carbons (Fsp3) is 0.588. The fourth-order valence-electron chi connectivity index (χ4n) is 3.28. The third kappa shape index (κ3) is 4.43. The molecule has 1 aliphatic heterocycles. The van der Waals surface area contributed by atoms with Gasteiger partial charge in [0.2, 0.25) is 5.91 Å². The van der Waals surface area contributed by atoms with Crippen LogP contribution in [0.4, 0.5) is 4.39 Å². The molecule has 4 nitrogen and oxygen atoms in total. The van der Waals surface area contributed by atoms with Gasteiger partial charge in [-0.1, -0.05) is 23.7 Å². The maximum atomic E-state index is 14.5. The van der Waals surface area contributed by atoms with Crippen LogP contribution in [0.25, 0.3) is 0 Å². The van der Waals surface area contributed by atoms with Crippen LogP contribution in [0.1, 0.15) is 38.2 Å². The van der Waals surface area contributed by atoms with Gasteiger partial charge in [-0.25, -0.2) is 4.39 Å². The molecule has 1 aromatic rings. The lowest BCUT2D eigenvalue weighted by Gasteiger charge is -2.39. The number of aliphatic hydroxyl groups is 1. The molecular formula is C17H24ClFN2O2. The molecular weight excluding hydrogens is 319 g/mol. The molecule has 1 heterocycles. The van der Waals surface area contributed by atoms with Gasteiger partial charge in [0.05, 0.1) is 10.6 Å². The largest absolute Gasteiger partial charge is 0.385 e. The number of carbonyl (C=O) groups is 1. The topological polar surface area (TPSA) is 61.4 Å². The van der Waals surface area contributed by atoms with Crippen molar-refractivity contribution in [1.29, 1.82) is 0 Å². The van der Waals surface area contributed by atoms with E-state index in [0.29, 0.717) is 25.9 Å². The molecule has 0 aliphatic carbocycles. The summed E-state index contributed by atoms with van der Waals surface area (Å²) in [6.45, 7) is 3.47. The predicted octanol–water partition coefficient (Wildman–Crippen LogP) is 2.58. The second-order valence-corrected chi connectivity index (χ2v) is 6.56. The fourth-order valence-corrected chi connectivity index (χ4v) is 3.45. The molecule has 0 saturated carbocycles. The van der Waals surface area contributed by atoms with Crippen molar-refractivity contribution in [1.82, 2.24) is 10.6 Å². The summed E-state index contributed by atoms with van der Waals surface area (Å²) in [5.74, 6) is -0.745. The quantitative estimate of drug-likeness (QED) is 0.696. The van der Waals surface area contributed by atoms with Crippen molar-refractivity contribution in [2.24, 2.45) is 5.92 Å². The van der Waals surface area contributed by atoms with Gasteiger partial charge >= 0.3 is 0 Å². The van der Waals surface area contributed by atoms with E-state index in [1.165, 1.54) is 13.0 Å². The highest BCUT2D eigenvalue weighted by atomic mass is 35.5. The molecule has 1 fully saturated rings. The van der Waals surface area contributed by atoms with Gasteiger partial charge in [-0.3, -0.25) is 4.79 Å². The van der Waals surface area contributed by atoms with Gasteiger partial charge < -0.3 is 15.7 Å². The Morgan fingerprint density at radius 3 is 3.00 bits per heavy atom.